The van der Waals surface area contributed by atoms with Gasteiger partial charge in [-0.15, -0.1) is 5.10 Å². The van der Waals surface area contributed by atoms with E-state index < -0.39 is 5.60 Å². The van der Waals surface area contributed by atoms with Crippen molar-refractivity contribution in [2.75, 3.05) is 40.4 Å². The van der Waals surface area contributed by atoms with Crippen LogP contribution in [0.15, 0.2) is 22.6 Å². The van der Waals surface area contributed by atoms with E-state index in [0.29, 0.717) is 50.2 Å². The Hall–Kier alpha value is -2.59. The lowest BCUT2D eigenvalue weighted by molar-refractivity contribution is 0.0113. The highest BCUT2D eigenvalue weighted by Gasteiger charge is 2.26. The van der Waals surface area contributed by atoms with Gasteiger partial charge in [0.05, 0.1) is 20.9 Å². The first kappa shape index (κ1) is 22.1. The van der Waals surface area contributed by atoms with Crippen molar-refractivity contribution in [3.05, 3.63) is 23.0 Å². The first-order valence-corrected chi connectivity index (χ1v) is 10.1. The van der Waals surface area contributed by atoms with Crippen molar-refractivity contribution in [1.29, 1.82) is 0 Å². The average Bonchev–Trinajstić information content (AvgIpc) is 3.07. The molecule has 0 N–H and O–H groups in total. The van der Waals surface area contributed by atoms with Crippen LogP contribution >= 0.6 is 12.2 Å². The molecule has 1 aliphatic heterocycles. The lowest BCUT2D eigenvalue weighted by Crippen LogP contribution is -2.50. The molecule has 3 rings (SSSR count). The predicted octanol–water partition coefficient (Wildman–Crippen LogP) is 3.40. The molecule has 9 nitrogen and oxygen atoms in total. The van der Waals surface area contributed by atoms with E-state index in [2.05, 4.69) is 10.00 Å². The molecule has 0 radical (unpaired) electrons. The molecule has 0 unspecified atom stereocenters. The van der Waals surface area contributed by atoms with Crippen LogP contribution < -0.4 is 9.47 Å². The fourth-order valence-corrected chi connectivity index (χ4v) is 3.25. The van der Waals surface area contributed by atoms with Gasteiger partial charge in [-0.2, -0.15) is 0 Å². The molecule has 0 spiro atoms. The van der Waals surface area contributed by atoms with E-state index in [1.54, 1.807) is 35.9 Å². The van der Waals surface area contributed by atoms with Crippen molar-refractivity contribution in [3.8, 4) is 23.0 Å². The zero-order chi connectivity index (χ0) is 21.9. The minimum absolute atomic E-state index is 0.282. The van der Waals surface area contributed by atoms with Crippen LogP contribution in [0.5, 0.6) is 11.5 Å². The summed E-state index contributed by atoms with van der Waals surface area (Å²) >= 11 is 5.34. The van der Waals surface area contributed by atoms with E-state index in [9.17, 15) is 4.79 Å². The Kier molecular flexibility index (Phi) is 6.67. The lowest BCUT2D eigenvalue weighted by Gasteiger charge is -2.35. The third-order valence-electron chi connectivity index (χ3n) is 4.59. The van der Waals surface area contributed by atoms with E-state index in [4.69, 9.17) is 30.8 Å². The number of carbonyl (C=O) groups is 1. The van der Waals surface area contributed by atoms with E-state index in [-0.39, 0.29) is 10.9 Å². The standard InChI is InChI=1S/C20H28N4O5S/c1-20(2,3)29-18(25)23-10-8-22(9-11-23)13-24-19(30)28-17(21-24)14-6-7-15(26-4)16(12-14)27-5/h6-7,12H,8-11,13H2,1-5H3. The highest BCUT2D eigenvalue weighted by Crippen LogP contribution is 2.31. The molecule has 10 heteroatoms. The van der Waals surface area contributed by atoms with Crippen molar-refractivity contribution >= 4 is 18.3 Å². The molecular formula is C20H28N4O5S. The van der Waals surface area contributed by atoms with Crippen LogP contribution in [0.3, 0.4) is 0 Å². The molecule has 1 aliphatic rings. The molecule has 0 aliphatic carbocycles. The van der Waals surface area contributed by atoms with Crippen molar-refractivity contribution in [2.24, 2.45) is 0 Å². The number of hydrogen-bond acceptors (Lipinski definition) is 8. The second-order valence-electron chi connectivity index (χ2n) is 7.97. The lowest BCUT2D eigenvalue weighted by atomic mass is 10.2. The normalized spacial score (nSPS) is 15.2. The van der Waals surface area contributed by atoms with Gasteiger partial charge in [-0.25, -0.2) is 9.48 Å². The van der Waals surface area contributed by atoms with Gasteiger partial charge in [0, 0.05) is 31.7 Å². The number of piperazine rings is 1. The molecule has 1 aromatic carbocycles. The zero-order valence-corrected chi connectivity index (χ0v) is 18.8. The van der Waals surface area contributed by atoms with Gasteiger partial charge in [0.15, 0.2) is 11.5 Å². The van der Waals surface area contributed by atoms with E-state index in [0.717, 1.165) is 5.56 Å². The number of amides is 1. The average molecular weight is 437 g/mol. The van der Waals surface area contributed by atoms with Crippen LogP contribution in [-0.2, 0) is 11.4 Å². The number of aromatic nitrogens is 2. The molecule has 0 atom stereocenters. The molecule has 2 aromatic rings. The summed E-state index contributed by atoms with van der Waals surface area (Å²) in [6, 6.07) is 5.43. The van der Waals surface area contributed by atoms with Gasteiger partial charge in [-0.05, 0) is 51.2 Å². The molecule has 0 saturated carbocycles. The molecule has 30 heavy (non-hydrogen) atoms. The molecule has 164 valence electrons. The first-order valence-electron chi connectivity index (χ1n) is 9.71. The van der Waals surface area contributed by atoms with Crippen LogP contribution in [0.25, 0.3) is 11.5 Å². The van der Waals surface area contributed by atoms with Gasteiger partial charge in [0.1, 0.15) is 5.60 Å². The fourth-order valence-electron chi connectivity index (χ4n) is 3.07. The zero-order valence-electron chi connectivity index (χ0n) is 18.0. The largest absolute Gasteiger partial charge is 0.493 e. The van der Waals surface area contributed by atoms with Crippen LogP contribution in [-0.4, -0.2) is 71.7 Å². The van der Waals surface area contributed by atoms with Crippen molar-refractivity contribution in [3.63, 3.8) is 0 Å². The fraction of sp³-hybridized carbons (Fsp3) is 0.550. The number of carbonyl (C=O) groups excluding carboxylic acids is 1. The smallest absolute Gasteiger partial charge is 0.410 e. The summed E-state index contributed by atoms with van der Waals surface area (Å²) in [5, 5.41) is 4.51. The Morgan fingerprint density at radius 2 is 1.80 bits per heavy atom. The summed E-state index contributed by atoms with van der Waals surface area (Å²) in [4.78, 5) is 16.4. The number of methoxy groups -OCH3 is 2. The van der Waals surface area contributed by atoms with Gasteiger partial charge in [0.25, 0.3) is 4.84 Å². The Labute approximate surface area is 181 Å². The highest BCUT2D eigenvalue weighted by molar-refractivity contribution is 7.71. The number of benzene rings is 1. The Balaban J connectivity index is 1.64. The van der Waals surface area contributed by atoms with E-state index >= 15 is 0 Å². The quantitative estimate of drug-likeness (QED) is 0.660. The second kappa shape index (κ2) is 9.05. The van der Waals surface area contributed by atoms with Crippen molar-refractivity contribution < 1.29 is 23.4 Å². The monoisotopic (exact) mass is 436 g/mol. The molecule has 2 heterocycles. The number of ether oxygens (including phenoxy) is 3. The molecular weight excluding hydrogens is 408 g/mol. The van der Waals surface area contributed by atoms with Crippen LogP contribution in [0.2, 0.25) is 0 Å². The number of rotatable bonds is 5. The molecule has 1 saturated heterocycles. The number of nitrogens with zero attached hydrogens (tertiary/aromatic N) is 4. The summed E-state index contributed by atoms with van der Waals surface area (Å²) in [6.07, 6.45) is -0.282. The summed E-state index contributed by atoms with van der Waals surface area (Å²) in [5.41, 5.74) is 0.245. The van der Waals surface area contributed by atoms with Crippen LogP contribution in [0.1, 0.15) is 20.8 Å². The third-order valence-corrected chi connectivity index (χ3v) is 4.89. The molecule has 1 amide bonds. The van der Waals surface area contributed by atoms with Gasteiger partial charge in [-0.1, -0.05) is 0 Å². The van der Waals surface area contributed by atoms with E-state index in [1.165, 1.54) is 0 Å². The van der Waals surface area contributed by atoms with Crippen molar-refractivity contribution in [1.82, 2.24) is 19.6 Å². The summed E-state index contributed by atoms with van der Waals surface area (Å²) in [5.74, 6) is 1.62. The maximum atomic E-state index is 12.2. The molecule has 1 fully saturated rings. The minimum Gasteiger partial charge on any atom is -0.493 e. The molecule has 1 aromatic heterocycles. The summed E-state index contributed by atoms with van der Waals surface area (Å²) in [6.45, 7) is 8.64. The number of hydrogen-bond donors (Lipinski definition) is 0. The SMILES string of the molecule is COc1ccc(-c2nn(CN3CCN(C(=O)OC(C)(C)C)CC3)c(=S)o2)cc1OC. The van der Waals surface area contributed by atoms with Crippen LogP contribution in [0, 0.1) is 4.84 Å². The second-order valence-corrected chi connectivity index (χ2v) is 8.32. The Morgan fingerprint density at radius 1 is 1.13 bits per heavy atom. The first-order chi connectivity index (χ1) is 14.2. The van der Waals surface area contributed by atoms with E-state index in [1.807, 2.05) is 26.8 Å². The maximum Gasteiger partial charge on any atom is 0.410 e. The van der Waals surface area contributed by atoms with Crippen molar-refractivity contribution in [2.45, 2.75) is 33.0 Å². The molecule has 0 bridgehead atoms. The van der Waals surface area contributed by atoms with Crippen LogP contribution in [0.4, 0.5) is 4.79 Å². The van der Waals surface area contributed by atoms with Gasteiger partial charge in [-0.3, -0.25) is 4.90 Å². The van der Waals surface area contributed by atoms with Gasteiger partial charge in [0.2, 0.25) is 5.89 Å². The third kappa shape index (κ3) is 5.31. The Morgan fingerprint density at radius 3 is 2.40 bits per heavy atom. The van der Waals surface area contributed by atoms with Gasteiger partial charge < -0.3 is 23.5 Å². The van der Waals surface area contributed by atoms with Gasteiger partial charge >= 0.3 is 6.09 Å². The minimum atomic E-state index is -0.497. The predicted molar refractivity (Wildman–Crippen MR) is 113 cm³/mol. The highest BCUT2D eigenvalue weighted by atomic mass is 32.1. The summed E-state index contributed by atoms with van der Waals surface area (Å²) in [7, 11) is 3.16. The Bertz CT molecular complexity index is 941. The topological polar surface area (TPSA) is 82.2 Å². The maximum absolute atomic E-state index is 12.2. The summed E-state index contributed by atoms with van der Waals surface area (Å²) < 4.78 is 23.4.